The molecule has 2 bridgehead atoms. The second-order valence-corrected chi connectivity index (χ2v) is 6.86. The number of halogens is 3. The van der Waals surface area contributed by atoms with Crippen LogP contribution in [0.15, 0.2) is 54.6 Å². The summed E-state index contributed by atoms with van der Waals surface area (Å²) in [5.74, 6) is 1.10. The molecule has 4 rings (SSSR count). The first-order valence-corrected chi connectivity index (χ1v) is 8.26. The van der Waals surface area contributed by atoms with Gasteiger partial charge in [-0.05, 0) is 60.8 Å². The molecule has 23 heavy (non-hydrogen) atoms. The van der Waals surface area contributed by atoms with Crippen LogP contribution >= 0.6 is 0 Å². The Kier molecular flexibility index (Phi) is 3.29. The number of alkyl halides is 3. The van der Waals surface area contributed by atoms with E-state index in [-0.39, 0.29) is 5.41 Å². The zero-order valence-electron chi connectivity index (χ0n) is 12.8. The van der Waals surface area contributed by atoms with Crippen molar-refractivity contribution in [2.75, 3.05) is 0 Å². The summed E-state index contributed by atoms with van der Waals surface area (Å²) < 4.78 is 38.6. The van der Waals surface area contributed by atoms with Crippen LogP contribution in [0.1, 0.15) is 42.4 Å². The van der Waals surface area contributed by atoms with E-state index in [2.05, 4.69) is 12.1 Å². The lowest BCUT2D eigenvalue weighted by atomic mass is 9.67. The van der Waals surface area contributed by atoms with Crippen molar-refractivity contribution in [2.24, 2.45) is 11.8 Å². The molecule has 2 saturated carbocycles. The van der Waals surface area contributed by atoms with Crippen molar-refractivity contribution in [3.05, 3.63) is 71.3 Å². The third-order valence-electron chi connectivity index (χ3n) is 5.96. The van der Waals surface area contributed by atoms with Gasteiger partial charge in [-0.2, -0.15) is 13.2 Å². The predicted octanol–water partition coefficient (Wildman–Crippen LogP) is 5.81. The number of hydrogen-bond acceptors (Lipinski definition) is 0. The third-order valence-corrected chi connectivity index (χ3v) is 5.96. The van der Waals surface area contributed by atoms with E-state index in [1.165, 1.54) is 43.4 Å². The minimum atomic E-state index is -4.27. The van der Waals surface area contributed by atoms with Gasteiger partial charge in [0.2, 0.25) is 0 Å². The lowest BCUT2D eigenvalue weighted by Crippen LogP contribution is -2.33. The minimum absolute atomic E-state index is 0.0919. The first kappa shape index (κ1) is 14.8. The largest absolute Gasteiger partial charge is 0.416 e. The molecule has 120 valence electrons. The Morgan fingerprint density at radius 1 is 0.696 bits per heavy atom. The van der Waals surface area contributed by atoms with Gasteiger partial charge in [0.25, 0.3) is 0 Å². The van der Waals surface area contributed by atoms with Crippen molar-refractivity contribution in [3.63, 3.8) is 0 Å². The third kappa shape index (κ3) is 2.13. The van der Waals surface area contributed by atoms with E-state index in [9.17, 15) is 13.2 Å². The van der Waals surface area contributed by atoms with Gasteiger partial charge in [-0.3, -0.25) is 0 Å². The van der Waals surface area contributed by atoms with Gasteiger partial charge >= 0.3 is 6.18 Å². The first-order chi connectivity index (χ1) is 11.0. The fourth-order valence-electron chi connectivity index (χ4n) is 5.10. The van der Waals surface area contributed by atoms with Crippen LogP contribution in [0.4, 0.5) is 13.2 Å². The number of rotatable bonds is 2. The zero-order chi connectivity index (χ0) is 16.1. The van der Waals surface area contributed by atoms with Crippen molar-refractivity contribution < 1.29 is 13.2 Å². The van der Waals surface area contributed by atoms with Crippen LogP contribution in [0, 0.1) is 11.8 Å². The van der Waals surface area contributed by atoms with E-state index < -0.39 is 11.7 Å². The van der Waals surface area contributed by atoms with E-state index in [1.54, 1.807) is 12.1 Å². The highest BCUT2D eigenvalue weighted by molar-refractivity contribution is 5.45. The van der Waals surface area contributed by atoms with Crippen LogP contribution in [-0.4, -0.2) is 0 Å². The molecular weight excluding hydrogens is 297 g/mol. The predicted molar refractivity (Wildman–Crippen MR) is 84.1 cm³/mol. The molecule has 2 fully saturated rings. The van der Waals surface area contributed by atoms with E-state index >= 15 is 0 Å². The van der Waals surface area contributed by atoms with Crippen LogP contribution in [0.5, 0.6) is 0 Å². The second kappa shape index (κ2) is 5.12. The molecule has 2 aromatic carbocycles. The van der Waals surface area contributed by atoms with Crippen molar-refractivity contribution in [3.8, 4) is 0 Å². The van der Waals surface area contributed by atoms with Gasteiger partial charge in [0.1, 0.15) is 0 Å². The maximum absolute atomic E-state index is 12.9. The van der Waals surface area contributed by atoms with Crippen molar-refractivity contribution >= 4 is 0 Å². The molecular formula is C20H19F3. The van der Waals surface area contributed by atoms with Crippen molar-refractivity contribution in [1.29, 1.82) is 0 Å². The standard InChI is InChI=1S/C20H19F3/c21-20(22,23)18-12-10-17(11-13-18)19(14-4-2-1-3-5-14)15-6-7-16(19)9-8-15/h1-5,10-13,15-16H,6-9H2. The molecule has 2 aliphatic carbocycles. The van der Waals surface area contributed by atoms with Crippen LogP contribution in [0.2, 0.25) is 0 Å². The summed E-state index contributed by atoms with van der Waals surface area (Å²) in [6.45, 7) is 0. The van der Waals surface area contributed by atoms with Crippen LogP contribution in [0.3, 0.4) is 0 Å². The van der Waals surface area contributed by atoms with E-state index in [0.29, 0.717) is 11.8 Å². The van der Waals surface area contributed by atoms with Crippen molar-refractivity contribution in [1.82, 2.24) is 0 Å². The summed E-state index contributed by atoms with van der Waals surface area (Å²) in [6, 6.07) is 16.3. The molecule has 0 nitrogen and oxygen atoms in total. The molecule has 0 aliphatic heterocycles. The maximum atomic E-state index is 12.9. The van der Waals surface area contributed by atoms with Gasteiger partial charge in [0, 0.05) is 5.41 Å². The average molecular weight is 316 g/mol. The number of benzene rings is 2. The molecule has 0 saturated heterocycles. The van der Waals surface area contributed by atoms with Crippen molar-refractivity contribution in [2.45, 2.75) is 37.3 Å². The Morgan fingerprint density at radius 3 is 1.65 bits per heavy atom. The zero-order valence-corrected chi connectivity index (χ0v) is 12.8. The fourth-order valence-corrected chi connectivity index (χ4v) is 5.10. The lowest BCUT2D eigenvalue weighted by Gasteiger charge is -2.36. The number of fused-ring (bicyclic) bond motifs is 2. The van der Waals surface area contributed by atoms with E-state index in [1.807, 2.05) is 18.2 Å². The van der Waals surface area contributed by atoms with Gasteiger partial charge in [0.05, 0.1) is 5.56 Å². The summed E-state index contributed by atoms with van der Waals surface area (Å²) in [4.78, 5) is 0. The molecule has 3 heteroatoms. The Bertz CT molecular complexity index is 665. The van der Waals surface area contributed by atoms with Gasteiger partial charge in [-0.25, -0.2) is 0 Å². The van der Waals surface area contributed by atoms with Crippen LogP contribution in [0.25, 0.3) is 0 Å². The molecule has 0 atom stereocenters. The molecule has 0 spiro atoms. The Labute approximate surface area is 134 Å². The normalized spacial score (nSPS) is 29.9. The summed E-state index contributed by atoms with van der Waals surface area (Å²) in [6.07, 6.45) is 0.454. The molecule has 0 aromatic heterocycles. The molecule has 0 amide bonds. The highest BCUT2D eigenvalue weighted by Gasteiger charge is 2.56. The fraction of sp³-hybridized carbons (Fsp3) is 0.400. The van der Waals surface area contributed by atoms with Gasteiger partial charge in [-0.1, -0.05) is 42.5 Å². The Hall–Kier alpha value is -1.77. The first-order valence-electron chi connectivity index (χ1n) is 8.26. The summed E-state index contributed by atoms with van der Waals surface area (Å²) >= 11 is 0. The maximum Gasteiger partial charge on any atom is 0.416 e. The molecule has 0 radical (unpaired) electrons. The van der Waals surface area contributed by atoms with Crippen LogP contribution in [-0.2, 0) is 11.6 Å². The highest BCUT2D eigenvalue weighted by Crippen LogP contribution is 2.62. The molecule has 2 aliphatic rings. The highest BCUT2D eigenvalue weighted by atomic mass is 19.4. The minimum Gasteiger partial charge on any atom is -0.166 e. The lowest BCUT2D eigenvalue weighted by molar-refractivity contribution is -0.137. The summed E-state index contributed by atoms with van der Waals surface area (Å²) in [5.41, 5.74) is 1.67. The average Bonchev–Trinajstić information content (AvgIpc) is 3.11. The van der Waals surface area contributed by atoms with E-state index in [0.717, 1.165) is 5.56 Å². The summed E-state index contributed by atoms with van der Waals surface area (Å²) in [5, 5.41) is 0. The molecule has 0 N–H and O–H groups in total. The Morgan fingerprint density at radius 2 is 1.17 bits per heavy atom. The second-order valence-electron chi connectivity index (χ2n) is 6.86. The van der Waals surface area contributed by atoms with Gasteiger partial charge in [-0.15, -0.1) is 0 Å². The Balaban J connectivity index is 1.85. The monoisotopic (exact) mass is 316 g/mol. The SMILES string of the molecule is FC(F)(F)c1ccc(C2(c3ccccc3)C3CCC2CC3)cc1. The topological polar surface area (TPSA) is 0 Å². The smallest absolute Gasteiger partial charge is 0.166 e. The van der Waals surface area contributed by atoms with E-state index in [4.69, 9.17) is 0 Å². The van der Waals surface area contributed by atoms with Gasteiger partial charge in [0.15, 0.2) is 0 Å². The number of hydrogen-bond donors (Lipinski definition) is 0. The molecule has 2 aromatic rings. The van der Waals surface area contributed by atoms with Crippen LogP contribution < -0.4 is 0 Å². The molecule has 0 unspecified atom stereocenters. The van der Waals surface area contributed by atoms with Gasteiger partial charge < -0.3 is 0 Å². The molecule has 0 heterocycles. The summed E-state index contributed by atoms with van der Waals surface area (Å²) in [7, 11) is 0. The quantitative estimate of drug-likeness (QED) is 0.655.